The molecule has 19 heavy (non-hydrogen) atoms. The van der Waals surface area contributed by atoms with E-state index in [2.05, 4.69) is 0 Å². The third-order valence-corrected chi connectivity index (χ3v) is 2.77. The number of hydrogen-bond acceptors (Lipinski definition) is 4. The van der Waals surface area contributed by atoms with Gasteiger partial charge in [0.15, 0.2) is 0 Å². The Morgan fingerprint density at radius 3 is 2.53 bits per heavy atom. The molecule has 0 aliphatic rings. The number of esters is 1. The molecular weight excluding hydrogens is 266 g/mol. The van der Waals surface area contributed by atoms with Gasteiger partial charge in [0, 0.05) is 10.7 Å². The summed E-state index contributed by atoms with van der Waals surface area (Å²) in [5.74, 6) is -0.348. The van der Waals surface area contributed by atoms with E-state index < -0.39 is 5.97 Å². The number of phenolic OH excluding ortho intramolecular Hbond substituents is 1. The van der Waals surface area contributed by atoms with Crippen molar-refractivity contribution in [3.05, 3.63) is 58.6 Å². The molecule has 0 spiro atoms. The molecule has 5 heteroatoms. The van der Waals surface area contributed by atoms with Gasteiger partial charge in [-0.05, 0) is 35.9 Å². The highest BCUT2D eigenvalue weighted by Crippen LogP contribution is 2.19. The molecule has 2 aromatic rings. The van der Waals surface area contributed by atoms with Gasteiger partial charge in [-0.3, -0.25) is 0 Å². The van der Waals surface area contributed by atoms with Crippen molar-refractivity contribution >= 4 is 23.3 Å². The van der Waals surface area contributed by atoms with Crippen LogP contribution in [0.25, 0.3) is 0 Å². The molecule has 0 unspecified atom stereocenters. The molecule has 0 bridgehead atoms. The molecule has 98 valence electrons. The maximum absolute atomic E-state index is 11.8. The van der Waals surface area contributed by atoms with Crippen molar-refractivity contribution in [2.45, 2.75) is 6.61 Å². The predicted octanol–water partition coefficient (Wildman–Crippen LogP) is 2.98. The van der Waals surface area contributed by atoms with Crippen LogP contribution >= 0.6 is 11.6 Å². The molecule has 0 aliphatic carbocycles. The fourth-order valence-electron chi connectivity index (χ4n) is 1.54. The minimum absolute atomic E-state index is 0.112. The first kappa shape index (κ1) is 13.2. The normalized spacial score (nSPS) is 10.2. The number of phenols is 1. The number of anilines is 1. The molecule has 0 atom stereocenters. The summed E-state index contributed by atoms with van der Waals surface area (Å²) < 4.78 is 5.13. The second-order valence-corrected chi connectivity index (χ2v) is 4.41. The Bertz CT molecular complexity index is 596. The van der Waals surface area contributed by atoms with E-state index in [1.54, 1.807) is 18.2 Å². The third-order valence-electron chi connectivity index (χ3n) is 2.54. The zero-order valence-electron chi connectivity index (χ0n) is 9.97. The van der Waals surface area contributed by atoms with E-state index in [1.807, 2.05) is 0 Å². The van der Waals surface area contributed by atoms with Crippen molar-refractivity contribution in [1.82, 2.24) is 0 Å². The fraction of sp³-hybridized carbons (Fsp3) is 0.0714. The quantitative estimate of drug-likeness (QED) is 0.668. The number of carbonyl (C=O) groups excluding carboxylic acids is 1. The zero-order valence-corrected chi connectivity index (χ0v) is 10.7. The van der Waals surface area contributed by atoms with Gasteiger partial charge in [0.05, 0.1) is 5.56 Å². The second kappa shape index (κ2) is 5.63. The zero-order chi connectivity index (χ0) is 13.8. The van der Waals surface area contributed by atoms with Gasteiger partial charge in [-0.2, -0.15) is 0 Å². The van der Waals surface area contributed by atoms with E-state index in [4.69, 9.17) is 27.2 Å². The van der Waals surface area contributed by atoms with Gasteiger partial charge < -0.3 is 15.6 Å². The molecule has 3 N–H and O–H groups in total. The molecule has 0 radical (unpaired) electrons. The first-order valence-corrected chi connectivity index (χ1v) is 5.94. The highest BCUT2D eigenvalue weighted by molar-refractivity contribution is 6.31. The highest BCUT2D eigenvalue weighted by atomic mass is 35.5. The Hall–Kier alpha value is -2.20. The smallest absolute Gasteiger partial charge is 0.340 e. The SMILES string of the molecule is Nc1cc(Cl)ccc1C(=O)OCc1ccc(O)cc1. The fourth-order valence-corrected chi connectivity index (χ4v) is 1.72. The lowest BCUT2D eigenvalue weighted by molar-refractivity contribution is 0.0474. The molecule has 2 aromatic carbocycles. The Kier molecular flexibility index (Phi) is 3.92. The molecule has 0 aromatic heterocycles. The lowest BCUT2D eigenvalue weighted by Crippen LogP contribution is -2.08. The number of nitrogen functional groups attached to an aromatic ring is 1. The monoisotopic (exact) mass is 277 g/mol. The van der Waals surface area contributed by atoms with Crippen molar-refractivity contribution in [2.24, 2.45) is 0 Å². The summed E-state index contributed by atoms with van der Waals surface area (Å²) in [4.78, 5) is 11.8. The van der Waals surface area contributed by atoms with Crippen molar-refractivity contribution in [3.63, 3.8) is 0 Å². The van der Waals surface area contributed by atoms with Crippen LogP contribution < -0.4 is 5.73 Å². The molecular formula is C14H12ClNO3. The van der Waals surface area contributed by atoms with Crippen LogP contribution in [0, 0.1) is 0 Å². The number of nitrogens with two attached hydrogens (primary N) is 1. The Balaban J connectivity index is 2.03. The lowest BCUT2D eigenvalue weighted by Gasteiger charge is -2.07. The third kappa shape index (κ3) is 3.39. The number of rotatable bonds is 3. The summed E-state index contributed by atoms with van der Waals surface area (Å²) in [6, 6.07) is 11.0. The Labute approximate surface area is 115 Å². The van der Waals surface area contributed by atoms with Crippen LogP contribution in [-0.2, 0) is 11.3 Å². The van der Waals surface area contributed by atoms with Crippen LogP contribution in [0.2, 0.25) is 5.02 Å². The van der Waals surface area contributed by atoms with Gasteiger partial charge in [-0.1, -0.05) is 23.7 Å². The molecule has 2 rings (SSSR count). The number of ether oxygens (including phenoxy) is 1. The van der Waals surface area contributed by atoms with Crippen LogP contribution in [0.15, 0.2) is 42.5 Å². The molecule has 0 fully saturated rings. The topological polar surface area (TPSA) is 72.6 Å². The summed E-state index contributed by atoms with van der Waals surface area (Å²) in [5.41, 5.74) is 7.03. The first-order chi connectivity index (χ1) is 9.06. The van der Waals surface area contributed by atoms with Crippen molar-refractivity contribution in [2.75, 3.05) is 5.73 Å². The van der Waals surface area contributed by atoms with E-state index in [-0.39, 0.29) is 23.6 Å². The summed E-state index contributed by atoms with van der Waals surface area (Å²) in [6.07, 6.45) is 0. The molecule has 0 aliphatic heterocycles. The number of aromatic hydroxyl groups is 1. The van der Waals surface area contributed by atoms with Crippen molar-refractivity contribution < 1.29 is 14.6 Å². The van der Waals surface area contributed by atoms with E-state index in [9.17, 15) is 4.79 Å². The molecule has 0 saturated carbocycles. The van der Waals surface area contributed by atoms with Crippen LogP contribution in [0.5, 0.6) is 5.75 Å². The number of benzene rings is 2. The maximum atomic E-state index is 11.8. The minimum atomic E-state index is -0.512. The largest absolute Gasteiger partial charge is 0.508 e. The van der Waals surface area contributed by atoms with E-state index in [0.29, 0.717) is 5.02 Å². The van der Waals surface area contributed by atoms with E-state index >= 15 is 0 Å². The number of carbonyl (C=O) groups is 1. The van der Waals surface area contributed by atoms with Crippen molar-refractivity contribution in [1.29, 1.82) is 0 Å². The summed E-state index contributed by atoms with van der Waals surface area (Å²) >= 11 is 5.75. The molecule has 4 nitrogen and oxygen atoms in total. The first-order valence-electron chi connectivity index (χ1n) is 5.56. The standard InChI is InChI=1S/C14H12ClNO3/c15-10-3-6-12(13(16)7-10)14(18)19-8-9-1-4-11(17)5-2-9/h1-7,17H,8,16H2. The van der Waals surface area contributed by atoms with Gasteiger partial charge in [-0.15, -0.1) is 0 Å². The predicted molar refractivity (Wildman–Crippen MR) is 73.1 cm³/mol. The minimum Gasteiger partial charge on any atom is -0.508 e. The number of hydrogen-bond donors (Lipinski definition) is 2. The lowest BCUT2D eigenvalue weighted by atomic mass is 10.2. The van der Waals surface area contributed by atoms with E-state index in [0.717, 1.165) is 5.56 Å². The number of halogens is 1. The Morgan fingerprint density at radius 2 is 1.89 bits per heavy atom. The van der Waals surface area contributed by atoms with Gasteiger partial charge in [0.2, 0.25) is 0 Å². The average molecular weight is 278 g/mol. The van der Waals surface area contributed by atoms with Crippen LogP contribution in [0.3, 0.4) is 0 Å². The molecule has 0 heterocycles. The van der Waals surface area contributed by atoms with Crippen LogP contribution in [0.1, 0.15) is 15.9 Å². The summed E-state index contributed by atoms with van der Waals surface area (Å²) in [7, 11) is 0. The van der Waals surface area contributed by atoms with Gasteiger partial charge in [-0.25, -0.2) is 4.79 Å². The van der Waals surface area contributed by atoms with Gasteiger partial charge in [0.25, 0.3) is 0 Å². The van der Waals surface area contributed by atoms with Gasteiger partial charge >= 0.3 is 5.97 Å². The van der Waals surface area contributed by atoms with Crippen LogP contribution in [0.4, 0.5) is 5.69 Å². The van der Waals surface area contributed by atoms with Crippen molar-refractivity contribution in [3.8, 4) is 5.75 Å². The average Bonchev–Trinajstić information content (AvgIpc) is 2.37. The molecule has 0 saturated heterocycles. The van der Waals surface area contributed by atoms with E-state index in [1.165, 1.54) is 24.3 Å². The van der Waals surface area contributed by atoms with Crippen LogP contribution in [-0.4, -0.2) is 11.1 Å². The highest BCUT2D eigenvalue weighted by Gasteiger charge is 2.11. The summed E-state index contributed by atoms with van der Waals surface area (Å²) in [6.45, 7) is 0.112. The second-order valence-electron chi connectivity index (χ2n) is 3.97. The Morgan fingerprint density at radius 1 is 1.21 bits per heavy atom. The maximum Gasteiger partial charge on any atom is 0.340 e. The molecule has 0 amide bonds. The van der Waals surface area contributed by atoms with Gasteiger partial charge in [0.1, 0.15) is 12.4 Å². The summed E-state index contributed by atoms with van der Waals surface area (Å²) in [5, 5.41) is 9.60.